The number of hydrogen-bond donors (Lipinski definition) is 2. The predicted molar refractivity (Wildman–Crippen MR) is 72.4 cm³/mol. The Morgan fingerprint density at radius 3 is 2.44 bits per heavy atom. The van der Waals surface area contributed by atoms with Crippen molar-refractivity contribution in [3.05, 3.63) is 0 Å². The van der Waals surface area contributed by atoms with E-state index < -0.39 is 0 Å². The van der Waals surface area contributed by atoms with Gasteiger partial charge in [-0.2, -0.15) is 0 Å². The lowest BCUT2D eigenvalue weighted by molar-refractivity contribution is -0.0789. The van der Waals surface area contributed by atoms with Crippen molar-refractivity contribution >= 4 is 0 Å². The van der Waals surface area contributed by atoms with E-state index in [1.807, 2.05) is 0 Å². The van der Waals surface area contributed by atoms with Crippen LogP contribution in [0.15, 0.2) is 0 Å². The van der Waals surface area contributed by atoms with Crippen molar-refractivity contribution in [2.75, 3.05) is 19.7 Å². The largest absolute Gasteiger partial charge is 0.395 e. The maximum absolute atomic E-state index is 9.40. The van der Waals surface area contributed by atoms with Gasteiger partial charge in [-0.25, -0.2) is 0 Å². The average molecular weight is 256 g/mol. The molecule has 2 heterocycles. The number of nitrogens with zero attached hydrogens (tertiary/aromatic N) is 1. The van der Waals surface area contributed by atoms with Crippen molar-refractivity contribution in [2.24, 2.45) is 11.7 Å². The minimum absolute atomic E-state index is 0.0486. The fourth-order valence-electron chi connectivity index (χ4n) is 3.67. The van der Waals surface area contributed by atoms with Crippen LogP contribution in [0, 0.1) is 5.92 Å². The molecule has 2 saturated heterocycles. The molecule has 3 N–H and O–H groups in total. The van der Waals surface area contributed by atoms with E-state index in [1.165, 1.54) is 6.42 Å². The first-order valence-electron chi connectivity index (χ1n) is 7.08. The Kier molecular flexibility index (Phi) is 3.76. The Morgan fingerprint density at radius 1 is 1.28 bits per heavy atom. The Hall–Kier alpha value is -0.160. The van der Waals surface area contributed by atoms with Gasteiger partial charge in [0.1, 0.15) is 0 Å². The summed E-state index contributed by atoms with van der Waals surface area (Å²) >= 11 is 0. The summed E-state index contributed by atoms with van der Waals surface area (Å²) in [6, 6.07) is 0.365. The van der Waals surface area contributed by atoms with Crippen molar-refractivity contribution in [1.29, 1.82) is 0 Å². The third-order valence-electron chi connectivity index (χ3n) is 4.80. The molecule has 2 aliphatic rings. The highest BCUT2D eigenvalue weighted by atomic mass is 16.5. The molecule has 4 nitrogen and oxygen atoms in total. The lowest BCUT2D eigenvalue weighted by atomic mass is 9.82. The van der Waals surface area contributed by atoms with E-state index >= 15 is 0 Å². The normalized spacial score (nSPS) is 39.3. The zero-order valence-corrected chi connectivity index (χ0v) is 12.1. The molecule has 0 aliphatic carbocycles. The molecule has 0 saturated carbocycles. The number of nitrogens with two attached hydrogens (primary N) is 1. The summed E-state index contributed by atoms with van der Waals surface area (Å²) in [6.07, 6.45) is 2.28. The molecule has 0 spiro atoms. The van der Waals surface area contributed by atoms with Gasteiger partial charge < -0.3 is 15.6 Å². The number of rotatable bonds is 3. The number of likely N-dealkylation sites (tertiary alicyclic amines) is 1. The first-order valence-corrected chi connectivity index (χ1v) is 7.08. The molecule has 106 valence electrons. The van der Waals surface area contributed by atoms with Crippen LogP contribution in [-0.2, 0) is 4.74 Å². The Balaban J connectivity index is 2.08. The lowest BCUT2D eigenvalue weighted by Crippen LogP contribution is -2.49. The molecule has 4 heteroatoms. The third-order valence-corrected chi connectivity index (χ3v) is 4.80. The molecule has 2 fully saturated rings. The standard InChI is InChI=1S/C14H28N2O2/c1-13(2)11(12(15)14(3,4)18-13)8-16-7-5-6-10(16)9-17/h10-12,17H,5-9,15H2,1-4H3. The first kappa shape index (κ1) is 14.3. The van der Waals surface area contributed by atoms with Gasteiger partial charge in [0, 0.05) is 24.5 Å². The monoisotopic (exact) mass is 256 g/mol. The Bertz CT molecular complexity index is 304. The van der Waals surface area contributed by atoms with Crippen molar-refractivity contribution < 1.29 is 9.84 Å². The van der Waals surface area contributed by atoms with Crippen LogP contribution < -0.4 is 5.73 Å². The van der Waals surface area contributed by atoms with E-state index in [2.05, 4.69) is 32.6 Å². The van der Waals surface area contributed by atoms with Gasteiger partial charge in [0.25, 0.3) is 0 Å². The second-order valence-corrected chi connectivity index (χ2v) is 6.91. The van der Waals surface area contributed by atoms with Crippen LogP contribution in [-0.4, -0.2) is 53.0 Å². The second-order valence-electron chi connectivity index (χ2n) is 6.91. The quantitative estimate of drug-likeness (QED) is 0.790. The van der Waals surface area contributed by atoms with Gasteiger partial charge in [-0.15, -0.1) is 0 Å². The van der Waals surface area contributed by atoms with E-state index in [-0.39, 0.29) is 23.9 Å². The second kappa shape index (κ2) is 4.75. The summed E-state index contributed by atoms with van der Waals surface area (Å²) < 4.78 is 6.13. The number of hydrogen-bond acceptors (Lipinski definition) is 4. The molecule has 0 aromatic heterocycles. The molecule has 3 atom stereocenters. The summed E-state index contributed by atoms with van der Waals surface area (Å²) in [6.45, 7) is 10.7. The van der Waals surface area contributed by atoms with E-state index in [1.54, 1.807) is 0 Å². The highest BCUT2D eigenvalue weighted by Gasteiger charge is 2.52. The molecule has 18 heavy (non-hydrogen) atoms. The van der Waals surface area contributed by atoms with E-state index in [0.717, 1.165) is 19.5 Å². The number of aliphatic hydroxyl groups excluding tert-OH is 1. The van der Waals surface area contributed by atoms with Crippen LogP contribution in [0.3, 0.4) is 0 Å². The Labute approximate surface area is 110 Å². The minimum Gasteiger partial charge on any atom is -0.395 e. The predicted octanol–water partition coefficient (Wildman–Crippen LogP) is 0.974. The van der Waals surface area contributed by atoms with Gasteiger partial charge in [-0.05, 0) is 47.1 Å². The van der Waals surface area contributed by atoms with Crippen molar-refractivity contribution in [3.8, 4) is 0 Å². The molecule has 0 aromatic carbocycles. The smallest absolute Gasteiger partial charge is 0.0788 e. The van der Waals surface area contributed by atoms with E-state index in [9.17, 15) is 5.11 Å². The van der Waals surface area contributed by atoms with Gasteiger partial charge in [0.2, 0.25) is 0 Å². The molecular formula is C14H28N2O2. The lowest BCUT2D eigenvalue weighted by Gasteiger charge is -2.33. The summed E-state index contributed by atoms with van der Waals surface area (Å²) in [5.41, 5.74) is 5.93. The average Bonchev–Trinajstić information content (AvgIpc) is 2.75. The maximum Gasteiger partial charge on any atom is 0.0788 e. The fraction of sp³-hybridized carbons (Fsp3) is 1.00. The van der Waals surface area contributed by atoms with Crippen LogP contribution in [0.2, 0.25) is 0 Å². The van der Waals surface area contributed by atoms with Crippen LogP contribution in [0.1, 0.15) is 40.5 Å². The van der Waals surface area contributed by atoms with Crippen LogP contribution in [0.5, 0.6) is 0 Å². The van der Waals surface area contributed by atoms with Gasteiger partial charge in [0.05, 0.1) is 17.8 Å². The number of ether oxygens (including phenoxy) is 1. The fourth-order valence-corrected chi connectivity index (χ4v) is 3.67. The third kappa shape index (κ3) is 2.44. The van der Waals surface area contributed by atoms with Crippen molar-refractivity contribution in [1.82, 2.24) is 4.90 Å². The summed E-state index contributed by atoms with van der Waals surface area (Å²) in [7, 11) is 0. The van der Waals surface area contributed by atoms with Crippen molar-refractivity contribution in [2.45, 2.75) is 63.8 Å². The van der Waals surface area contributed by atoms with Crippen molar-refractivity contribution in [3.63, 3.8) is 0 Å². The minimum atomic E-state index is -0.261. The topological polar surface area (TPSA) is 58.7 Å². The maximum atomic E-state index is 9.40. The highest BCUT2D eigenvalue weighted by Crippen LogP contribution is 2.42. The molecule has 3 unspecified atom stereocenters. The van der Waals surface area contributed by atoms with Gasteiger partial charge in [0.15, 0.2) is 0 Å². The van der Waals surface area contributed by atoms with Crippen LogP contribution >= 0.6 is 0 Å². The van der Waals surface area contributed by atoms with Crippen LogP contribution in [0.4, 0.5) is 0 Å². The number of aliphatic hydroxyl groups is 1. The molecule has 0 radical (unpaired) electrons. The summed E-state index contributed by atoms with van der Waals surface area (Å²) in [4.78, 5) is 2.39. The highest BCUT2D eigenvalue weighted by molar-refractivity contribution is 5.05. The molecule has 2 aliphatic heterocycles. The zero-order chi connectivity index (χ0) is 13.6. The molecule has 0 aromatic rings. The van der Waals surface area contributed by atoms with E-state index in [4.69, 9.17) is 10.5 Å². The Morgan fingerprint density at radius 2 is 1.94 bits per heavy atom. The molecule has 2 rings (SSSR count). The van der Waals surface area contributed by atoms with Gasteiger partial charge >= 0.3 is 0 Å². The first-order chi connectivity index (χ1) is 8.28. The van der Waals surface area contributed by atoms with Gasteiger partial charge in [-0.3, -0.25) is 4.90 Å². The zero-order valence-electron chi connectivity index (χ0n) is 12.1. The summed E-state index contributed by atoms with van der Waals surface area (Å²) in [5.74, 6) is 0.319. The molecular weight excluding hydrogens is 228 g/mol. The molecule has 0 amide bonds. The van der Waals surface area contributed by atoms with E-state index in [0.29, 0.717) is 12.0 Å². The SMILES string of the molecule is CC1(C)OC(C)(C)C(CN2CCCC2CO)C1N. The molecule has 0 bridgehead atoms. The summed E-state index contributed by atoms with van der Waals surface area (Å²) in [5, 5.41) is 9.40. The van der Waals surface area contributed by atoms with Gasteiger partial charge in [-0.1, -0.05) is 0 Å². The van der Waals surface area contributed by atoms with Crippen LogP contribution in [0.25, 0.3) is 0 Å².